The number of nitrogen functional groups attached to an aromatic ring is 1. The average Bonchev–Trinajstić information content (AvgIpc) is 2.24. The van der Waals surface area contributed by atoms with Gasteiger partial charge in [-0.3, -0.25) is 0 Å². The second-order valence-corrected chi connectivity index (χ2v) is 4.96. The predicted molar refractivity (Wildman–Crippen MR) is 67.5 cm³/mol. The van der Waals surface area contributed by atoms with Gasteiger partial charge < -0.3 is 15.2 Å². The second-order valence-electron chi connectivity index (χ2n) is 4.96. The van der Waals surface area contributed by atoms with Crippen LogP contribution < -0.4 is 10.5 Å². The third kappa shape index (κ3) is 5.11. The average molecular weight is 273 g/mol. The van der Waals surface area contributed by atoms with E-state index in [9.17, 15) is 13.6 Å². The molecule has 2 N–H and O–H groups in total. The van der Waals surface area contributed by atoms with Crippen LogP contribution in [0, 0.1) is 0 Å². The number of rotatable bonds is 4. The zero-order valence-corrected chi connectivity index (χ0v) is 11.1. The maximum atomic E-state index is 12.0. The van der Waals surface area contributed by atoms with Crippen molar-refractivity contribution in [1.82, 2.24) is 0 Å². The van der Waals surface area contributed by atoms with Gasteiger partial charge in [-0.25, -0.2) is 13.6 Å². The molecule has 106 valence electrons. The van der Waals surface area contributed by atoms with Crippen LogP contribution in [0.25, 0.3) is 0 Å². The number of carbonyl (C=O) groups is 1. The van der Waals surface area contributed by atoms with Gasteiger partial charge in [0, 0.05) is 0 Å². The first-order chi connectivity index (χ1) is 8.69. The number of hydrogen-bond acceptors (Lipinski definition) is 4. The van der Waals surface area contributed by atoms with E-state index in [2.05, 4.69) is 0 Å². The lowest BCUT2D eigenvalue weighted by molar-refractivity contribution is 0.00694. The van der Waals surface area contributed by atoms with E-state index in [1.807, 2.05) is 0 Å². The summed E-state index contributed by atoms with van der Waals surface area (Å²) in [5, 5.41) is 0. The minimum Gasteiger partial charge on any atom is -0.485 e. The Balaban J connectivity index is 2.79. The van der Waals surface area contributed by atoms with Gasteiger partial charge in [-0.15, -0.1) is 0 Å². The monoisotopic (exact) mass is 273 g/mol. The topological polar surface area (TPSA) is 61.5 Å². The highest BCUT2D eigenvalue weighted by Gasteiger charge is 2.18. The summed E-state index contributed by atoms with van der Waals surface area (Å²) in [6.07, 6.45) is -2.58. The fourth-order valence-electron chi connectivity index (χ4n) is 1.30. The van der Waals surface area contributed by atoms with Gasteiger partial charge in [-0.05, 0) is 39.0 Å². The number of hydrogen-bond donors (Lipinski definition) is 1. The number of halogens is 2. The van der Waals surface area contributed by atoms with Crippen LogP contribution in [0.3, 0.4) is 0 Å². The zero-order valence-electron chi connectivity index (χ0n) is 11.1. The normalized spacial score (nSPS) is 11.5. The fraction of sp³-hybridized carbons (Fsp3) is 0.462. The van der Waals surface area contributed by atoms with Crippen LogP contribution in [0.1, 0.15) is 31.1 Å². The van der Waals surface area contributed by atoms with Crippen LogP contribution >= 0.6 is 0 Å². The molecule has 0 radical (unpaired) electrons. The zero-order chi connectivity index (χ0) is 14.6. The lowest BCUT2D eigenvalue weighted by Gasteiger charge is -2.19. The molecular weight excluding hydrogens is 256 g/mol. The summed E-state index contributed by atoms with van der Waals surface area (Å²) in [5.74, 6) is -0.410. The Morgan fingerprint density at radius 3 is 2.47 bits per heavy atom. The van der Waals surface area contributed by atoms with Crippen LogP contribution in [-0.2, 0) is 4.74 Å². The molecular formula is C13H17F2NO3. The molecule has 0 spiro atoms. The molecule has 1 rings (SSSR count). The summed E-state index contributed by atoms with van der Waals surface area (Å²) in [6.45, 7) is 4.49. The van der Waals surface area contributed by atoms with Crippen molar-refractivity contribution in [3.63, 3.8) is 0 Å². The maximum Gasteiger partial charge on any atom is 0.338 e. The summed E-state index contributed by atoms with van der Waals surface area (Å²) in [7, 11) is 0. The Kier molecular flexibility index (Phi) is 4.69. The molecule has 0 saturated heterocycles. The van der Waals surface area contributed by atoms with Gasteiger partial charge in [0.15, 0.2) is 0 Å². The van der Waals surface area contributed by atoms with Crippen molar-refractivity contribution in [3.05, 3.63) is 23.8 Å². The molecule has 0 unspecified atom stereocenters. The van der Waals surface area contributed by atoms with Crippen LogP contribution in [-0.4, -0.2) is 24.6 Å². The minimum atomic E-state index is -2.58. The SMILES string of the molecule is CC(C)(C)OC(=O)c1ccc(OCC(F)F)c(N)c1. The number of alkyl halides is 2. The van der Waals surface area contributed by atoms with E-state index >= 15 is 0 Å². The number of nitrogens with two attached hydrogens (primary N) is 1. The van der Waals surface area contributed by atoms with Crippen molar-refractivity contribution in [1.29, 1.82) is 0 Å². The molecule has 0 aliphatic carbocycles. The molecule has 1 aromatic carbocycles. The first kappa shape index (κ1) is 15.2. The van der Waals surface area contributed by atoms with E-state index in [0.29, 0.717) is 0 Å². The van der Waals surface area contributed by atoms with Crippen molar-refractivity contribution in [2.75, 3.05) is 12.3 Å². The minimum absolute atomic E-state index is 0.115. The maximum absolute atomic E-state index is 12.0. The molecule has 0 aliphatic heterocycles. The van der Waals surface area contributed by atoms with Gasteiger partial charge in [-0.2, -0.15) is 0 Å². The van der Waals surface area contributed by atoms with Gasteiger partial charge in [0.1, 0.15) is 18.0 Å². The van der Waals surface area contributed by atoms with E-state index in [4.69, 9.17) is 15.2 Å². The van der Waals surface area contributed by atoms with E-state index < -0.39 is 24.6 Å². The number of benzene rings is 1. The lowest BCUT2D eigenvalue weighted by atomic mass is 10.1. The Labute approximate surface area is 110 Å². The van der Waals surface area contributed by atoms with Crippen LogP contribution in [0.15, 0.2) is 18.2 Å². The van der Waals surface area contributed by atoms with Crippen molar-refractivity contribution in [2.24, 2.45) is 0 Å². The number of carbonyl (C=O) groups excluding carboxylic acids is 1. The summed E-state index contributed by atoms with van der Waals surface area (Å²) >= 11 is 0. The number of ether oxygens (including phenoxy) is 2. The molecule has 19 heavy (non-hydrogen) atoms. The fourth-order valence-corrected chi connectivity index (χ4v) is 1.30. The molecule has 6 heteroatoms. The second kappa shape index (κ2) is 5.86. The van der Waals surface area contributed by atoms with Gasteiger partial charge in [0.25, 0.3) is 6.43 Å². The largest absolute Gasteiger partial charge is 0.485 e. The molecule has 0 heterocycles. The smallest absolute Gasteiger partial charge is 0.338 e. The molecule has 0 amide bonds. The highest BCUT2D eigenvalue weighted by atomic mass is 19.3. The molecule has 0 aliphatic rings. The molecule has 1 aromatic rings. The first-order valence-corrected chi connectivity index (χ1v) is 5.73. The summed E-state index contributed by atoms with van der Waals surface area (Å²) in [5.41, 5.74) is 5.38. The molecule has 4 nitrogen and oxygen atoms in total. The van der Waals surface area contributed by atoms with Crippen molar-refractivity contribution in [2.45, 2.75) is 32.8 Å². The van der Waals surface area contributed by atoms with Crippen LogP contribution in [0.4, 0.5) is 14.5 Å². The third-order valence-electron chi connectivity index (χ3n) is 2.01. The van der Waals surface area contributed by atoms with Crippen molar-refractivity contribution in [3.8, 4) is 5.75 Å². The molecule has 0 atom stereocenters. The molecule has 0 saturated carbocycles. The van der Waals surface area contributed by atoms with Gasteiger partial charge >= 0.3 is 5.97 Å². The van der Waals surface area contributed by atoms with E-state index in [1.165, 1.54) is 18.2 Å². The first-order valence-electron chi connectivity index (χ1n) is 5.73. The van der Waals surface area contributed by atoms with Crippen molar-refractivity contribution >= 4 is 11.7 Å². The van der Waals surface area contributed by atoms with Gasteiger partial charge in [0.05, 0.1) is 11.3 Å². The van der Waals surface area contributed by atoms with Gasteiger partial charge in [-0.1, -0.05) is 0 Å². The Morgan fingerprint density at radius 1 is 1.37 bits per heavy atom. The number of esters is 1. The van der Waals surface area contributed by atoms with E-state index in [1.54, 1.807) is 20.8 Å². The van der Waals surface area contributed by atoms with Gasteiger partial charge in [0.2, 0.25) is 0 Å². The summed E-state index contributed by atoms with van der Waals surface area (Å²) in [6, 6.07) is 4.14. The Bertz CT molecular complexity index is 456. The van der Waals surface area contributed by atoms with E-state index in [-0.39, 0.29) is 17.0 Å². The molecule has 0 fully saturated rings. The highest BCUT2D eigenvalue weighted by Crippen LogP contribution is 2.24. The summed E-state index contributed by atoms with van der Waals surface area (Å²) < 4.78 is 34.0. The lowest BCUT2D eigenvalue weighted by Crippen LogP contribution is -2.24. The summed E-state index contributed by atoms with van der Waals surface area (Å²) in [4.78, 5) is 11.8. The Hall–Kier alpha value is -1.85. The standard InChI is InChI=1S/C13H17F2NO3/c1-13(2,3)19-12(17)8-4-5-10(9(16)6-8)18-7-11(14)15/h4-6,11H,7,16H2,1-3H3. The van der Waals surface area contributed by atoms with E-state index in [0.717, 1.165) is 0 Å². The predicted octanol–water partition coefficient (Wildman–Crippen LogP) is 2.87. The van der Waals surface area contributed by atoms with Crippen LogP contribution in [0.5, 0.6) is 5.75 Å². The van der Waals surface area contributed by atoms with Crippen molar-refractivity contribution < 1.29 is 23.0 Å². The molecule has 0 bridgehead atoms. The quantitative estimate of drug-likeness (QED) is 0.677. The highest BCUT2D eigenvalue weighted by molar-refractivity contribution is 5.91. The number of anilines is 1. The molecule has 0 aromatic heterocycles. The van der Waals surface area contributed by atoms with Crippen LogP contribution in [0.2, 0.25) is 0 Å². The third-order valence-corrected chi connectivity index (χ3v) is 2.01. The Morgan fingerprint density at radius 2 is 2.00 bits per heavy atom.